The van der Waals surface area contributed by atoms with Crippen molar-refractivity contribution in [1.82, 2.24) is 24.8 Å². The number of aryl methyl sites for hydroxylation is 1. The number of hydrogen-bond donors (Lipinski definition) is 1. The number of amides is 1. The molecule has 9 heteroatoms. The topological polar surface area (TPSA) is 111 Å². The Balaban J connectivity index is 1.53. The van der Waals surface area contributed by atoms with Gasteiger partial charge < -0.3 is 9.67 Å². The Morgan fingerprint density at radius 1 is 1.10 bits per heavy atom. The van der Waals surface area contributed by atoms with E-state index in [0.717, 1.165) is 29.3 Å². The first-order valence-electron chi connectivity index (χ1n) is 9.75. The molecule has 0 radical (unpaired) electrons. The average molecular weight is 403 g/mol. The minimum Gasteiger partial charge on any atom is -0.493 e. The molecule has 4 rings (SSSR count). The van der Waals surface area contributed by atoms with Crippen LogP contribution in [0.25, 0.3) is 22.3 Å². The highest BCUT2D eigenvalue weighted by atomic mass is 16.3. The van der Waals surface area contributed by atoms with Gasteiger partial charge >= 0.3 is 0 Å². The predicted molar refractivity (Wildman–Crippen MR) is 111 cm³/mol. The van der Waals surface area contributed by atoms with E-state index in [2.05, 4.69) is 32.6 Å². The number of para-hydroxylation sites is 1. The van der Waals surface area contributed by atoms with Crippen LogP contribution in [0.2, 0.25) is 0 Å². The van der Waals surface area contributed by atoms with Crippen molar-refractivity contribution in [2.24, 2.45) is 10.2 Å². The van der Waals surface area contributed by atoms with Crippen LogP contribution in [0.1, 0.15) is 19.8 Å². The first kappa shape index (κ1) is 19.4. The molecule has 0 aliphatic heterocycles. The van der Waals surface area contributed by atoms with E-state index in [1.165, 1.54) is 4.80 Å². The second-order valence-electron chi connectivity index (χ2n) is 6.80. The van der Waals surface area contributed by atoms with Crippen LogP contribution in [-0.4, -0.2) is 35.8 Å². The largest absolute Gasteiger partial charge is 0.493 e. The maximum atomic E-state index is 12.3. The second-order valence-corrected chi connectivity index (χ2v) is 6.80. The van der Waals surface area contributed by atoms with E-state index < -0.39 is 5.91 Å². The summed E-state index contributed by atoms with van der Waals surface area (Å²) < 4.78 is 1.79. The summed E-state index contributed by atoms with van der Waals surface area (Å²) in [6, 6.07) is 16.9. The summed E-state index contributed by atoms with van der Waals surface area (Å²) in [6.07, 6.45) is 1.92. The van der Waals surface area contributed by atoms with Crippen molar-refractivity contribution in [3.05, 3.63) is 54.6 Å². The van der Waals surface area contributed by atoms with Crippen molar-refractivity contribution in [1.29, 1.82) is 0 Å². The number of aromatic hydroxyl groups is 1. The molecular formula is C21H21N7O2. The lowest BCUT2D eigenvalue weighted by atomic mass is 10.2. The molecule has 152 valence electrons. The zero-order valence-electron chi connectivity index (χ0n) is 16.5. The fraction of sp³-hybridized carbons (Fsp3) is 0.238. The first-order valence-corrected chi connectivity index (χ1v) is 9.75. The molecule has 0 aliphatic rings. The van der Waals surface area contributed by atoms with Crippen molar-refractivity contribution in [2.45, 2.75) is 32.9 Å². The molecule has 0 atom stereocenters. The van der Waals surface area contributed by atoms with Crippen molar-refractivity contribution in [3.63, 3.8) is 0 Å². The van der Waals surface area contributed by atoms with E-state index in [9.17, 15) is 9.90 Å². The van der Waals surface area contributed by atoms with Gasteiger partial charge in [-0.25, -0.2) is 0 Å². The molecule has 1 amide bonds. The summed E-state index contributed by atoms with van der Waals surface area (Å²) in [5.41, 5.74) is 1.95. The maximum Gasteiger partial charge on any atom is 0.287 e. The van der Waals surface area contributed by atoms with Gasteiger partial charge in [0.2, 0.25) is 11.7 Å². The number of fused-ring (bicyclic) bond motifs is 1. The third kappa shape index (κ3) is 3.95. The Morgan fingerprint density at radius 3 is 2.67 bits per heavy atom. The van der Waals surface area contributed by atoms with Gasteiger partial charge in [-0.15, -0.1) is 20.4 Å². The van der Waals surface area contributed by atoms with Gasteiger partial charge in [0.05, 0.1) is 5.52 Å². The van der Waals surface area contributed by atoms with E-state index in [-0.39, 0.29) is 18.1 Å². The normalized spacial score (nSPS) is 11.5. The van der Waals surface area contributed by atoms with E-state index in [1.54, 1.807) is 4.57 Å². The van der Waals surface area contributed by atoms with Crippen LogP contribution >= 0.6 is 0 Å². The minimum absolute atomic E-state index is 0.00597. The Labute approximate surface area is 172 Å². The smallest absolute Gasteiger partial charge is 0.287 e. The summed E-state index contributed by atoms with van der Waals surface area (Å²) in [5.74, 6) is -0.111. The Kier molecular flexibility index (Phi) is 5.60. The molecule has 2 aromatic carbocycles. The molecule has 0 unspecified atom stereocenters. The number of aromatic nitrogens is 5. The minimum atomic E-state index is -0.545. The van der Waals surface area contributed by atoms with Gasteiger partial charge in [-0.3, -0.25) is 4.79 Å². The van der Waals surface area contributed by atoms with Gasteiger partial charge in [-0.2, -0.15) is 4.80 Å². The summed E-state index contributed by atoms with van der Waals surface area (Å²) in [4.78, 5) is 13.5. The highest BCUT2D eigenvalue weighted by molar-refractivity contribution is 5.95. The van der Waals surface area contributed by atoms with Crippen molar-refractivity contribution >= 4 is 22.5 Å². The number of benzene rings is 2. The summed E-state index contributed by atoms with van der Waals surface area (Å²) >= 11 is 0. The van der Waals surface area contributed by atoms with Gasteiger partial charge in [0.25, 0.3) is 5.91 Å². The molecule has 1 N–H and O–H groups in total. The standard InChI is InChI=1S/C21H21N7O2/c1-2-3-13-27-17-12-8-7-11-16(17)19(21(27)30)23-22-18(29)14-28-25-20(24-26-28)15-9-5-4-6-10-15/h4-12,30H,2-3,13-14H2,1H3. The molecule has 0 spiro atoms. The number of rotatable bonds is 7. The van der Waals surface area contributed by atoms with Crippen LogP contribution in [0.3, 0.4) is 0 Å². The van der Waals surface area contributed by atoms with Crippen LogP contribution in [0, 0.1) is 0 Å². The van der Waals surface area contributed by atoms with Crippen LogP contribution in [0.15, 0.2) is 64.8 Å². The van der Waals surface area contributed by atoms with Crippen molar-refractivity contribution in [2.75, 3.05) is 0 Å². The van der Waals surface area contributed by atoms with E-state index in [4.69, 9.17) is 0 Å². The zero-order valence-corrected chi connectivity index (χ0v) is 16.5. The van der Waals surface area contributed by atoms with E-state index >= 15 is 0 Å². The lowest BCUT2D eigenvalue weighted by molar-refractivity contribution is -0.119. The molecule has 0 bridgehead atoms. The Bertz CT molecular complexity index is 1190. The van der Waals surface area contributed by atoms with Crippen molar-refractivity contribution in [3.8, 4) is 17.3 Å². The number of carbonyl (C=O) groups is 1. The predicted octanol–water partition coefficient (Wildman–Crippen LogP) is 4.11. The van der Waals surface area contributed by atoms with Crippen LogP contribution in [0.5, 0.6) is 5.88 Å². The highest BCUT2D eigenvalue weighted by Gasteiger charge is 2.16. The molecule has 2 aromatic heterocycles. The van der Waals surface area contributed by atoms with Gasteiger partial charge in [0.15, 0.2) is 5.69 Å². The molecule has 9 nitrogen and oxygen atoms in total. The number of azo groups is 1. The maximum absolute atomic E-state index is 12.3. The second kappa shape index (κ2) is 8.64. The quantitative estimate of drug-likeness (QED) is 0.467. The summed E-state index contributed by atoms with van der Waals surface area (Å²) in [5, 5.41) is 31.2. The van der Waals surface area contributed by atoms with Gasteiger partial charge in [-0.05, 0) is 17.7 Å². The molecule has 4 aromatic rings. The molecular weight excluding hydrogens is 382 g/mol. The van der Waals surface area contributed by atoms with Gasteiger partial charge in [0.1, 0.15) is 6.54 Å². The number of hydrogen-bond acceptors (Lipinski definition) is 6. The van der Waals surface area contributed by atoms with Crippen molar-refractivity contribution < 1.29 is 9.90 Å². The van der Waals surface area contributed by atoms with E-state index in [1.807, 2.05) is 54.6 Å². The fourth-order valence-electron chi connectivity index (χ4n) is 3.18. The van der Waals surface area contributed by atoms with Gasteiger partial charge in [0, 0.05) is 17.5 Å². The highest BCUT2D eigenvalue weighted by Crippen LogP contribution is 2.38. The fourth-order valence-corrected chi connectivity index (χ4v) is 3.18. The van der Waals surface area contributed by atoms with Crippen LogP contribution in [0.4, 0.5) is 5.69 Å². The SMILES string of the molecule is CCCCn1c(O)c(N=NC(=O)Cn2nnc(-c3ccccc3)n2)c2ccccc21. The molecule has 2 heterocycles. The van der Waals surface area contributed by atoms with E-state index in [0.29, 0.717) is 12.4 Å². The molecule has 0 aliphatic carbocycles. The molecule has 0 saturated heterocycles. The Hall–Kier alpha value is -3.88. The zero-order chi connectivity index (χ0) is 20.9. The van der Waals surface area contributed by atoms with Crippen LogP contribution in [-0.2, 0) is 17.9 Å². The number of tetrazole rings is 1. The number of nitrogens with zero attached hydrogens (tertiary/aromatic N) is 7. The summed E-state index contributed by atoms with van der Waals surface area (Å²) in [6.45, 7) is 2.55. The third-order valence-corrected chi connectivity index (χ3v) is 4.68. The molecule has 0 fully saturated rings. The van der Waals surface area contributed by atoms with Gasteiger partial charge in [-0.1, -0.05) is 61.9 Å². The number of carbonyl (C=O) groups excluding carboxylic acids is 1. The lowest BCUT2D eigenvalue weighted by Crippen LogP contribution is -2.10. The molecule has 0 saturated carbocycles. The average Bonchev–Trinajstić information content (AvgIpc) is 3.34. The summed E-state index contributed by atoms with van der Waals surface area (Å²) in [7, 11) is 0. The molecule has 30 heavy (non-hydrogen) atoms. The Morgan fingerprint density at radius 2 is 1.87 bits per heavy atom. The first-order chi connectivity index (χ1) is 14.7. The number of unbranched alkanes of at least 4 members (excludes halogenated alkanes) is 1. The lowest BCUT2D eigenvalue weighted by Gasteiger charge is -2.05. The van der Waals surface area contributed by atoms with Crippen LogP contribution < -0.4 is 0 Å². The monoisotopic (exact) mass is 403 g/mol. The third-order valence-electron chi connectivity index (χ3n) is 4.68.